The highest BCUT2D eigenvalue weighted by atomic mass is 32.2. The third-order valence-electron chi connectivity index (χ3n) is 6.40. The average Bonchev–Trinajstić information content (AvgIpc) is 2.85. The van der Waals surface area contributed by atoms with Crippen molar-refractivity contribution in [2.45, 2.75) is 103 Å². The Bertz CT molecular complexity index is 1080. The molecule has 0 saturated carbocycles. The van der Waals surface area contributed by atoms with Crippen LogP contribution in [0.4, 0.5) is 11.4 Å². The minimum absolute atomic E-state index is 0.106. The number of rotatable bonds is 16. The number of benzene rings is 2. The van der Waals surface area contributed by atoms with Gasteiger partial charge in [-0.1, -0.05) is 89.3 Å². The number of aryl methyl sites for hydroxylation is 2. The van der Waals surface area contributed by atoms with E-state index in [2.05, 4.69) is 22.3 Å². The van der Waals surface area contributed by atoms with E-state index in [9.17, 15) is 13.2 Å². The summed E-state index contributed by atoms with van der Waals surface area (Å²) in [5.41, 5.74) is 2.91. The molecule has 2 aromatic rings. The first kappa shape index (κ1) is 30.8. The number of carbonyl (C=O) groups is 1. The van der Waals surface area contributed by atoms with Gasteiger partial charge in [-0.25, -0.2) is 8.42 Å². The summed E-state index contributed by atoms with van der Waals surface area (Å²) in [6.07, 6.45) is 14.1. The van der Waals surface area contributed by atoms with Crippen molar-refractivity contribution >= 4 is 44.6 Å². The molecule has 0 aliphatic carbocycles. The van der Waals surface area contributed by atoms with E-state index in [1.54, 1.807) is 12.1 Å². The average molecular weight is 546 g/mol. The predicted octanol–water partition coefficient (Wildman–Crippen LogP) is 7.62. The molecular formula is C29H43N3O3S2. The van der Waals surface area contributed by atoms with E-state index in [0.717, 1.165) is 24.0 Å². The van der Waals surface area contributed by atoms with Crippen LogP contribution in [-0.4, -0.2) is 19.4 Å². The molecule has 0 bridgehead atoms. The van der Waals surface area contributed by atoms with E-state index in [1.165, 1.54) is 69.9 Å². The molecule has 0 atom stereocenters. The van der Waals surface area contributed by atoms with E-state index < -0.39 is 10.0 Å². The van der Waals surface area contributed by atoms with Crippen molar-refractivity contribution in [3.8, 4) is 0 Å². The van der Waals surface area contributed by atoms with Crippen molar-refractivity contribution in [1.29, 1.82) is 0 Å². The van der Waals surface area contributed by atoms with Gasteiger partial charge in [0.1, 0.15) is 0 Å². The van der Waals surface area contributed by atoms with Crippen LogP contribution in [-0.2, 0) is 14.8 Å². The smallest absolute Gasteiger partial charge is 0.261 e. The molecule has 1 amide bonds. The first-order valence-electron chi connectivity index (χ1n) is 13.5. The fraction of sp³-hybridized carbons (Fsp3) is 0.517. The molecule has 37 heavy (non-hydrogen) atoms. The Morgan fingerprint density at radius 2 is 1.30 bits per heavy atom. The first-order chi connectivity index (χ1) is 17.7. The maximum atomic E-state index is 12.8. The molecule has 0 unspecified atom stereocenters. The summed E-state index contributed by atoms with van der Waals surface area (Å²) >= 11 is 5.25. The van der Waals surface area contributed by atoms with Crippen LogP contribution < -0.4 is 15.4 Å². The molecule has 0 aliphatic rings. The van der Waals surface area contributed by atoms with E-state index in [1.807, 2.05) is 32.0 Å². The van der Waals surface area contributed by atoms with Crippen LogP contribution in [0.5, 0.6) is 0 Å². The molecule has 6 nitrogen and oxygen atoms in total. The van der Waals surface area contributed by atoms with Crippen molar-refractivity contribution in [3.63, 3.8) is 0 Å². The van der Waals surface area contributed by atoms with Crippen molar-refractivity contribution in [2.24, 2.45) is 0 Å². The quantitative estimate of drug-likeness (QED) is 0.149. The summed E-state index contributed by atoms with van der Waals surface area (Å²) in [6, 6.07) is 11.9. The van der Waals surface area contributed by atoms with Gasteiger partial charge in [0, 0.05) is 12.1 Å². The zero-order valence-corrected chi connectivity index (χ0v) is 24.2. The number of carbonyl (C=O) groups excluding carboxylic acids is 1. The Morgan fingerprint density at radius 3 is 1.84 bits per heavy atom. The second-order valence-electron chi connectivity index (χ2n) is 9.68. The molecule has 8 heteroatoms. The van der Waals surface area contributed by atoms with Gasteiger partial charge in [0.05, 0.1) is 10.6 Å². The summed E-state index contributed by atoms with van der Waals surface area (Å²) in [5.74, 6) is -0.106. The second-order valence-corrected chi connectivity index (χ2v) is 11.8. The molecule has 0 aliphatic heterocycles. The number of amides is 1. The van der Waals surface area contributed by atoms with Gasteiger partial charge < -0.3 is 10.6 Å². The van der Waals surface area contributed by atoms with Crippen molar-refractivity contribution < 1.29 is 13.2 Å². The van der Waals surface area contributed by atoms with Crippen molar-refractivity contribution in [2.75, 3.05) is 10.0 Å². The van der Waals surface area contributed by atoms with Crippen LogP contribution in [0.25, 0.3) is 0 Å². The Kier molecular flexibility index (Phi) is 13.6. The standard InChI is InChI=1S/C29H43N3O3S2/c1-4-5-6-7-8-9-10-11-12-13-14-18-27(33)31-29(36)30-25-19-21-26(22-20-25)37(34,35)32-28-23(2)16-15-17-24(28)3/h15-17,19-22,32H,4-14,18H2,1-3H3,(H2,30,31,33,36). The molecule has 0 saturated heterocycles. The molecule has 0 spiro atoms. The Labute approximate surface area is 229 Å². The highest BCUT2D eigenvalue weighted by Gasteiger charge is 2.16. The number of anilines is 2. The van der Waals surface area contributed by atoms with Crippen LogP contribution in [0.2, 0.25) is 0 Å². The zero-order chi connectivity index (χ0) is 27.1. The molecule has 3 N–H and O–H groups in total. The topological polar surface area (TPSA) is 87.3 Å². The maximum Gasteiger partial charge on any atom is 0.261 e. The third-order valence-corrected chi connectivity index (χ3v) is 7.97. The lowest BCUT2D eigenvalue weighted by molar-refractivity contribution is -0.119. The lowest BCUT2D eigenvalue weighted by Gasteiger charge is -2.14. The van der Waals surface area contributed by atoms with Crippen LogP contribution in [0.1, 0.15) is 95.1 Å². The largest absolute Gasteiger partial charge is 0.332 e. The Balaban J connectivity index is 1.67. The van der Waals surface area contributed by atoms with E-state index in [-0.39, 0.29) is 15.9 Å². The summed E-state index contributed by atoms with van der Waals surface area (Å²) < 4.78 is 28.3. The molecule has 2 aromatic carbocycles. The minimum Gasteiger partial charge on any atom is -0.332 e. The third kappa shape index (κ3) is 11.6. The lowest BCUT2D eigenvalue weighted by Crippen LogP contribution is -2.33. The Hall–Kier alpha value is -2.45. The fourth-order valence-corrected chi connectivity index (χ4v) is 5.62. The first-order valence-corrected chi connectivity index (χ1v) is 15.4. The monoisotopic (exact) mass is 545 g/mol. The minimum atomic E-state index is -3.73. The second kappa shape index (κ2) is 16.4. The van der Waals surface area contributed by atoms with Crippen molar-refractivity contribution in [3.05, 3.63) is 53.6 Å². The van der Waals surface area contributed by atoms with E-state index in [0.29, 0.717) is 17.8 Å². The molecule has 0 radical (unpaired) electrons. The molecule has 0 aromatic heterocycles. The number of para-hydroxylation sites is 1. The van der Waals surface area contributed by atoms with Crippen LogP contribution in [0, 0.1) is 13.8 Å². The SMILES string of the molecule is CCCCCCCCCCCCCC(=O)NC(=S)Nc1ccc(S(=O)(=O)Nc2c(C)cccc2C)cc1. The fourth-order valence-electron chi connectivity index (χ4n) is 4.19. The van der Waals surface area contributed by atoms with Gasteiger partial charge in [-0.2, -0.15) is 0 Å². The van der Waals surface area contributed by atoms with Gasteiger partial charge >= 0.3 is 0 Å². The highest BCUT2D eigenvalue weighted by molar-refractivity contribution is 7.92. The Morgan fingerprint density at radius 1 is 0.784 bits per heavy atom. The van der Waals surface area contributed by atoms with Gasteiger partial charge in [0.25, 0.3) is 10.0 Å². The number of unbranched alkanes of at least 4 members (excludes halogenated alkanes) is 10. The van der Waals surface area contributed by atoms with Crippen molar-refractivity contribution in [1.82, 2.24) is 5.32 Å². The highest BCUT2D eigenvalue weighted by Crippen LogP contribution is 2.24. The summed E-state index contributed by atoms with van der Waals surface area (Å²) in [6.45, 7) is 5.97. The lowest BCUT2D eigenvalue weighted by atomic mass is 10.1. The van der Waals surface area contributed by atoms with Gasteiger partial charge in [-0.15, -0.1) is 0 Å². The van der Waals surface area contributed by atoms with Gasteiger partial charge in [-0.05, 0) is 67.9 Å². The van der Waals surface area contributed by atoms with Crippen LogP contribution in [0.15, 0.2) is 47.4 Å². The molecule has 204 valence electrons. The molecule has 0 heterocycles. The summed E-state index contributed by atoms with van der Waals surface area (Å²) in [5, 5.41) is 5.86. The summed E-state index contributed by atoms with van der Waals surface area (Å²) in [4.78, 5) is 12.3. The normalized spacial score (nSPS) is 11.2. The predicted molar refractivity (Wildman–Crippen MR) is 159 cm³/mol. The number of hydrogen-bond donors (Lipinski definition) is 3. The number of hydrogen-bond acceptors (Lipinski definition) is 4. The van der Waals surface area contributed by atoms with Gasteiger partial charge in [-0.3, -0.25) is 9.52 Å². The van der Waals surface area contributed by atoms with Gasteiger partial charge in [0.15, 0.2) is 5.11 Å². The molecular weight excluding hydrogens is 502 g/mol. The number of nitrogens with one attached hydrogen (secondary N) is 3. The van der Waals surface area contributed by atoms with E-state index >= 15 is 0 Å². The molecule has 2 rings (SSSR count). The summed E-state index contributed by atoms with van der Waals surface area (Å²) in [7, 11) is -3.73. The molecule has 0 fully saturated rings. The maximum absolute atomic E-state index is 12.8. The number of thiocarbonyl (C=S) groups is 1. The van der Waals surface area contributed by atoms with E-state index in [4.69, 9.17) is 12.2 Å². The van der Waals surface area contributed by atoms with Gasteiger partial charge in [0.2, 0.25) is 5.91 Å². The zero-order valence-electron chi connectivity index (χ0n) is 22.6. The van der Waals surface area contributed by atoms with Crippen LogP contribution in [0.3, 0.4) is 0 Å². The number of sulfonamides is 1. The van der Waals surface area contributed by atoms with Crippen LogP contribution >= 0.6 is 12.2 Å².